The van der Waals surface area contributed by atoms with Crippen LogP contribution in [0, 0.1) is 5.92 Å². The number of benzene rings is 2. The quantitative estimate of drug-likeness (QED) is 0.250. The summed E-state index contributed by atoms with van der Waals surface area (Å²) >= 11 is 0. The Morgan fingerprint density at radius 3 is 2.84 bits per heavy atom. The van der Waals surface area contributed by atoms with E-state index in [1.807, 2.05) is 47.0 Å². The summed E-state index contributed by atoms with van der Waals surface area (Å²) in [5.74, 6) is 1.46. The van der Waals surface area contributed by atoms with Gasteiger partial charge >= 0.3 is 0 Å². The van der Waals surface area contributed by atoms with Crippen molar-refractivity contribution in [3.63, 3.8) is 0 Å². The number of aliphatic hydroxyl groups is 1. The van der Waals surface area contributed by atoms with Crippen LogP contribution in [0.3, 0.4) is 0 Å². The van der Waals surface area contributed by atoms with Crippen LogP contribution in [0.4, 0.5) is 17.3 Å². The minimum absolute atomic E-state index is 0.169. The summed E-state index contributed by atoms with van der Waals surface area (Å²) in [6.07, 6.45) is 2.32. The molecule has 0 spiro atoms. The van der Waals surface area contributed by atoms with Gasteiger partial charge in [0.05, 0.1) is 6.10 Å². The number of nitrogens with zero attached hydrogens (tertiary/aromatic N) is 3. The van der Waals surface area contributed by atoms with Crippen LogP contribution in [0.15, 0.2) is 60.8 Å². The second-order valence-corrected chi connectivity index (χ2v) is 9.80. The van der Waals surface area contributed by atoms with Crippen molar-refractivity contribution in [3.8, 4) is 11.1 Å². The largest absolute Gasteiger partial charge is 0.391 e. The number of fused-ring (bicyclic) bond motifs is 1. The number of carbonyl (C=O) groups is 1. The average molecular weight is 500 g/mol. The smallest absolute Gasteiger partial charge is 0.249 e. The van der Waals surface area contributed by atoms with Crippen LogP contribution >= 0.6 is 0 Å². The highest BCUT2D eigenvalue weighted by molar-refractivity contribution is 6.00. The van der Waals surface area contributed by atoms with Gasteiger partial charge in [-0.3, -0.25) is 4.79 Å². The van der Waals surface area contributed by atoms with E-state index in [2.05, 4.69) is 34.8 Å². The molecule has 2 aromatic carbocycles. The van der Waals surface area contributed by atoms with E-state index in [1.54, 1.807) is 18.3 Å². The highest BCUT2D eigenvalue weighted by Gasteiger charge is 2.25. The summed E-state index contributed by atoms with van der Waals surface area (Å²) in [5.41, 5.74) is 10.4. The standard InChI is InChI=1S/C28H33N7O2/c1-17(2)25-27(32-15-19-10-12-30-16-23(19)36)34-35-24(11-13-31-28(25)35)33-20-7-5-6-18(14-20)21-8-3-4-9-22(21)26(29)37/h3-9,11,13-14,17,19,23,30,33,36H,10,12,15-16H2,1-2H3,(H2,29,37)(H,32,34)/t19-,23+/m1/s1. The first-order valence-corrected chi connectivity index (χ1v) is 12.7. The van der Waals surface area contributed by atoms with Gasteiger partial charge < -0.3 is 26.8 Å². The molecule has 4 aromatic rings. The molecule has 0 radical (unpaired) electrons. The molecule has 2 atom stereocenters. The maximum atomic E-state index is 11.9. The highest BCUT2D eigenvalue weighted by atomic mass is 16.3. The summed E-state index contributed by atoms with van der Waals surface area (Å²) in [7, 11) is 0. The van der Waals surface area contributed by atoms with E-state index in [-0.39, 0.29) is 17.9 Å². The fourth-order valence-electron chi connectivity index (χ4n) is 4.94. The van der Waals surface area contributed by atoms with Crippen LogP contribution < -0.4 is 21.7 Å². The molecule has 37 heavy (non-hydrogen) atoms. The zero-order valence-electron chi connectivity index (χ0n) is 21.1. The molecule has 1 aliphatic heterocycles. The summed E-state index contributed by atoms with van der Waals surface area (Å²) in [4.78, 5) is 16.6. The number of hydrogen-bond donors (Lipinski definition) is 5. The Morgan fingerprint density at radius 2 is 2.05 bits per heavy atom. The van der Waals surface area contributed by atoms with Gasteiger partial charge in [-0.05, 0) is 54.3 Å². The number of nitrogens with one attached hydrogen (secondary N) is 3. The molecule has 3 heterocycles. The number of anilines is 3. The van der Waals surface area contributed by atoms with Crippen molar-refractivity contribution in [2.24, 2.45) is 11.7 Å². The van der Waals surface area contributed by atoms with E-state index in [9.17, 15) is 9.90 Å². The van der Waals surface area contributed by atoms with Crippen LogP contribution in [0.5, 0.6) is 0 Å². The first kappa shape index (κ1) is 24.7. The maximum Gasteiger partial charge on any atom is 0.249 e. The van der Waals surface area contributed by atoms with Gasteiger partial charge in [-0.25, -0.2) is 4.98 Å². The third-order valence-corrected chi connectivity index (χ3v) is 6.89. The molecule has 9 heteroatoms. The topological polar surface area (TPSA) is 130 Å². The number of aliphatic hydroxyl groups excluding tert-OH is 1. The molecule has 1 amide bonds. The minimum Gasteiger partial charge on any atom is -0.391 e. The highest BCUT2D eigenvalue weighted by Crippen LogP contribution is 2.31. The molecule has 0 unspecified atom stereocenters. The second kappa shape index (κ2) is 10.6. The number of aromatic nitrogens is 3. The Balaban J connectivity index is 1.46. The second-order valence-electron chi connectivity index (χ2n) is 9.80. The molecule has 5 rings (SSSR count). The van der Waals surface area contributed by atoms with Crippen LogP contribution in [0.25, 0.3) is 16.8 Å². The lowest BCUT2D eigenvalue weighted by molar-refractivity contribution is 0.0883. The number of β-amino-alcohol motifs (C(OH)–C–C–N with tert-alkyl or cyclic N) is 1. The Labute approximate surface area is 216 Å². The predicted molar refractivity (Wildman–Crippen MR) is 146 cm³/mol. The third kappa shape index (κ3) is 5.14. The third-order valence-electron chi connectivity index (χ3n) is 6.89. The van der Waals surface area contributed by atoms with E-state index in [0.717, 1.165) is 52.6 Å². The zero-order chi connectivity index (χ0) is 25.9. The lowest BCUT2D eigenvalue weighted by Gasteiger charge is -2.28. The van der Waals surface area contributed by atoms with Gasteiger partial charge in [0.2, 0.25) is 5.91 Å². The predicted octanol–water partition coefficient (Wildman–Crippen LogP) is 3.74. The fourth-order valence-corrected chi connectivity index (χ4v) is 4.94. The molecule has 6 N–H and O–H groups in total. The summed E-state index contributed by atoms with van der Waals surface area (Å²) in [6, 6.07) is 17.1. The van der Waals surface area contributed by atoms with Crippen molar-refractivity contribution in [2.45, 2.75) is 32.3 Å². The van der Waals surface area contributed by atoms with Crippen molar-refractivity contribution in [1.82, 2.24) is 19.9 Å². The van der Waals surface area contributed by atoms with Gasteiger partial charge in [0, 0.05) is 42.0 Å². The van der Waals surface area contributed by atoms with E-state index >= 15 is 0 Å². The number of nitrogens with two attached hydrogens (primary N) is 1. The SMILES string of the molecule is CC(C)c1c(NC[C@H]2CCNC[C@@H]2O)nn2c(Nc3cccc(-c4ccccc4C(N)=O)c3)ccnc12. The van der Waals surface area contributed by atoms with Crippen LogP contribution in [-0.2, 0) is 0 Å². The number of piperidine rings is 1. The average Bonchev–Trinajstić information content (AvgIpc) is 3.28. The van der Waals surface area contributed by atoms with Gasteiger partial charge in [-0.2, -0.15) is 4.52 Å². The van der Waals surface area contributed by atoms with Crippen LogP contribution in [-0.4, -0.2) is 51.4 Å². The summed E-state index contributed by atoms with van der Waals surface area (Å²) in [6.45, 7) is 6.43. The van der Waals surface area contributed by atoms with Crippen LogP contribution in [0.1, 0.15) is 42.1 Å². The van der Waals surface area contributed by atoms with Gasteiger partial charge in [0.25, 0.3) is 0 Å². The van der Waals surface area contributed by atoms with E-state index < -0.39 is 5.91 Å². The molecular weight excluding hydrogens is 466 g/mol. The molecule has 0 bridgehead atoms. The van der Waals surface area contributed by atoms with E-state index in [0.29, 0.717) is 18.7 Å². The lowest BCUT2D eigenvalue weighted by atomic mass is 9.95. The monoisotopic (exact) mass is 499 g/mol. The first-order valence-electron chi connectivity index (χ1n) is 12.7. The van der Waals surface area contributed by atoms with Crippen LogP contribution in [0.2, 0.25) is 0 Å². The van der Waals surface area contributed by atoms with Crippen molar-refractivity contribution in [1.29, 1.82) is 0 Å². The summed E-state index contributed by atoms with van der Waals surface area (Å²) in [5, 5.41) is 25.4. The minimum atomic E-state index is -0.459. The van der Waals surface area contributed by atoms with Crippen molar-refractivity contribution >= 4 is 28.9 Å². The van der Waals surface area contributed by atoms with E-state index in [1.165, 1.54) is 0 Å². The molecule has 192 valence electrons. The number of hydrogen-bond acceptors (Lipinski definition) is 7. The van der Waals surface area contributed by atoms with Gasteiger partial charge in [0.1, 0.15) is 5.82 Å². The number of amides is 1. The lowest BCUT2D eigenvalue weighted by Crippen LogP contribution is -2.43. The molecule has 1 saturated heterocycles. The van der Waals surface area contributed by atoms with Crippen molar-refractivity contribution in [2.75, 3.05) is 30.3 Å². The van der Waals surface area contributed by atoms with Gasteiger partial charge in [-0.15, -0.1) is 5.10 Å². The number of primary amides is 1. The first-order chi connectivity index (χ1) is 17.9. The van der Waals surface area contributed by atoms with E-state index in [4.69, 9.17) is 10.8 Å². The zero-order valence-corrected chi connectivity index (χ0v) is 21.1. The maximum absolute atomic E-state index is 11.9. The normalized spacial score (nSPS) is 17.7. The Kier molecular flexibility index (Phi) is 7.07. The molecule has 0 saturated carbocycles. The van der Waals surface area contributed by atoms with Gasteiger partial charge in [0.15, 0.2) is 11.5 Å². The number of carbonyl (C=O) groups excluding carboxylic acids is 1. The molecule has 1 fully saturated rings. The summed E-state index contributed by atoms with van der Waals surface area (Å²) < 4.78 is 1.82. The Hall–Kier alpha value is -3.95. The Bertz CT molecular complexity index is 1410. The van der Waals surface area contributed by atoms with Gasteiger partial charge in [-0.1, -0.05) is 44.2 Å². The number of rotatable bonds is 8. The molecule has 1 aliphatic rings. The van der Waals surface area contributed by atoms with Crippen molar-refractivity contribution in [3.05, 3.63) is 71.9 Å². The molecule has 2 aromatic heterocycles. The Morgan fingerprint density at radius 1 is 1.22 bits per heavy atom. The molecule has 9 nitrogen and oxygen atoms in total. The molecule has 0 aliphatic carbocycles. The van der Waals surface area contributed by atoms with Crippen molar-refractivity contribution < 1.29 is 9.90 Å². The fraction of sp³-hybridized carbons (Fsp3) is 0.321. The molecular formula is C28H33N7O2.